The number of carbonyl (C=O) groups excluding carboxylic acids is 1. The molecule has 0 saturated carbocycles. The van der Waals surface area contributed by atoms with Crippen LogP contribution < -0.4 is 9.80 Å². The van der Waals surface area contributed by atoms with E-state index < -0.39 is 5.97 Å². The van der Waals surface area contributed by atoms with Gasteiger partial charge in [-0.25, -0.2) is 14.8 Å². The van der Waals surface area contributed by atoms with E-state index in [2.05, 4.69) is 39.0 Å². The molecule has 0 aliphatic carbocycles. The van der Waals surface area contributed by atoms with Crippen LogP contribution in [0, 0.1) is 0 Å². The van der Waals surface area contributed by atoms with E-state index >= 15 is 0 Å². The number of hydrogen-bond donors (Lipinski definition) is 0. The summed E-state index contributed by atoms with van der Waals surface area (Å²) in [5.74, 6) is 0.141. The summed E-state index contributed by atoms with van der Waals surface area (Å²) in [6, 6.07) is 27.7. The minimum Gasteiger partial charge on any atom is -0.456 e. The number of para-hydroxylation sites is 3. The molecule has 32 heavy (non-hydrogen) atoms. The Bertz CT molecular complexity index is 1210. The van der Waals surface area contributed by atoms with Crippen LogP contribution in [0.3, 0.4) is 0 Å². The highest BCUT2D eigenvalue weighted by Crippen LogP contribution is 2.24. The maximum Gasteiger partial charge on any atom is 0.361 e. The monoisotopic (exact) mass is 424 g/mol. The van der Waals surface area contributed by atoms with Gasteiger partial charge in [-0.3, -0.25) is 0 Å². The summed E-state index contributed by atoms with van der Waals surface area (Å²) in [5.41, 5.74) is 3.87. The lowest BCUT2D eigenvalue weighted by Crippen LogP contribution is -2.47. The summed E-state index contributed by atoms with van der Waals surface area (Å²) in [6.45, 7) is 3.39. The predicted molar refractivity (Wildman–Crippen MR) is 126 cm³/mol. The highest BCUT2D eigenvalue weighted by Gasteiger charge is 2.26. The first kappa shape index (κ1) is 20.0. The molecule has 4 aromatic rings. The van der Waals surface area contributed by atoms with Crippen molar-refractivity contribution < 1.29 is 9.53 Å². The molecule has 0 amide bonds. The minimum absolute atomic E-state index is 0.204. The molecule has 6 nitrogen and oxygen atoms in total. The normalized spacial score (nSPS) is 13.9. The Hall–Kier alpha value is -3.93. The fourth-order valence-electron chi connectivity index (χ4n) is 3.95. The Kier molecular flexibility index (Phi) is 5.66. The van der Waals surface area contributed by atoms with Crippen LogP contribution >= 0.6 is 0 Å². The predicted octanol–water partition coefficient (Wildman–Crippen LogP) is 4.31. The van der Waals surface area contributed by atoms with Crippen LogP contribution in [0.2, 0.25) is 0 Å². The van der Waals surface area contributed by atoms with Gasteiger partial charge in [-0.1, -0.05) is 60.7 Å². The van der Waals surface area contributed by atoms with E-state index in [0.717, 1.165) is 37.3 Å². The molecule has 0 spiro atoms. The third kappa shape index (κ3) is 4.25. The molecule has 1 aliphatic heterocycles. The zero-order valence-corrected chi connectivity index (χ0v) is 17.7. The highest BCUT2D eigenvalue weighted by molar-refractivity contribution is 5.95. The van der Waals surface area contributed by atoms with Crippen LogP contribution in [0.4, 0.5) is 11.5 Å². The van der Waals surface area contributed by atoms with Crippen LogP contribution in [-0.4, -0.2) is 42.1 Å². The minimum atomic E-state index is -0.451. The lowest BCUT2D eigenvalue weighted by atomic mass is 10.2. The van der Waals surface area contributed by atoms with Crippen LogP contribution in [0.15, 0.2) is 84.9 Å². The van der Waals surface area contributed by atoms with Crippen molar-refractivity contribution in [2.75, 3.05) is 36.0 Å². The van der Waals surface area contributed by atoms with Crippen LogP contribution in [0.1, 0.15) is 16.1 Å². The van der Waals surface area contributed by atoms with Crippen molar-refractivity contribution in [1.29, 1.82) is 0 Å². The van der Waals surface area contributed by atoms with E-state index in [4.69, 9.17) is 9.72 Å². The van der Waals surface area contributed by atoms with Crippen molar-refractivity contribution in [3.05, 3.63) is 96.2 Å². The highest BCUT2D eigenvalue weighted by atomic mass is 16.5. The Labute approximate surface area is 187 Å². The smallest absolute Gasteiger partial charge is 0.361 e. The first-order valence-corrected chi connectivity index (χ1v) is 10.8. The number of fused-ring (bicyclic) bond motifs is 1. The van der Waals surface area contributed by atoms with Crippen molar-refractivity contribution in [1.82, 2.24) is 9.97 Å². The van der Waals surface area contributed by atoms with Gasteiger partial charge in [0.1, 0.15) is 6.61 Å². The average Bonchev–Trinajstić information content (AvgIpc) is 2.88. The third-order valence-corrected chi connectivity index (χ3v) is 5.66. The molecule has 0 N–H and O–H groups in total. The first-order valence-electron chi connectivity index (χ1n) is 10.8. The molecule has 0 radical (unpaired) electrons. The van der Waals surface area contributed by atoms with Gasteiger partial charge in [0.05, 0.1) is 11.0 Å². The molecule has 1 aromatic heterocycles. The zero-order valence-electron chi connectivity index (χ0n) is 17.7. The number of rotatable bonds is 5. The second-order valence-corrected chi connectivity index (χ2v) is 7.76. The Morgan fingerprint density at radius 3 is 1.97 bits per heavy atom. The molecule has 0 bridgehead atoms. The molecule has 1 aliphatic rings. The number of anilines is 2. The van der Waals surface area contributed by atoms with E-state index in [1.54, 1.807) is 0 Å². The number of nitrogens with zero attached hydrogens (tertiary/aromatic N) is 4. The number of esters is 1. The number of piperazine rings is 1. The lowest BCUT2D eigenvalue weighted by molar-refractivity contribution is 0.0466. The molecule has 2 heterocycles. The van der Waals surface area contributed by atoms with E-state index in [-0.39, 0.29) is 12.3 Å². The largest absolute Gasteiger partial charge is 0.456 e. The third-order valence-electron chi connectivity index (χ3n) is 5.66. The summed E-state index contributed by atoms with van der Waals surface area (Å²) in [6.07, 6.45) is 0. The van der Waals surface area contributed by atoms with Gasteiger partial charge in [0.15, 0.2) is 11.5 Å². The Morgan fingerprint density at radius 2 is 1.28 bits per heavy atom. The summed E-state index contributed by atoms with van der Waals surface area (Å²) < 4.78 is 5.61. The van der Waals surface area contributed by atoms with Gasteiger partial charge in [0, 0.05) is 31.9 Å². The van der Waals surface area contributed by atoms with E-state index in [9.17, 15) is 4.79 Å². The molecule has 0 unspecified atom stereocenters. The van der Waals surface area contributed by atoms with E-state index in [0.29, 0.717) is 11.3 Å². The summed E-state index contributed by atoms with van der Waals surface area (Å²) in [4.78, 5) is 27.0. The molecule has 1 saturated heterocycles. The van der Waals surface area contributed by atoms with Crippen LogP contribution in [-0.2, 0) is 11.3 Å². The van der Waals surface area contributed by atoms with Crippen LogP contribution in [0.5, 0.6) is 0 Å². The molecule has 1 fully saturated rings. The van der Waals surface area contributed by atoms with Crippen molar-refractivity contribution in [2.45, 2.75) is 6.61 Å². The number of ether oxygens (including phenoxy) is 1. The van der Waals surface area contributed by atoms with Gasteiger partial charge in [0.25, 0.3) is 0 Å². The van der Waals surface area contributed by atoms with Crippen LogP contribution in [0.25, 0.3) is 11.0 Å². The van der Waals surface area contributed by atoms with Crippen molar-refractivity contribution in [3.63, 3.8) is 0 Å². The average molecular weight is 425 g/mol. The molecule has 6 heteroatoms. The number of aromatic nitrogens is 2. The fourth-order valence-corrected chi connectivity index (χ4v) is 3.95. The van der Waals surface area contributed by atoms with Crippen molar-refractivity contribution in [2.24, 2.45) is 0 Å². The Balaban J connectivity index is 1.39. The van der Waals surface area contributed by atoms with Gasteiger partial charge in [0.2, 0.25) is 0 Å². The number of hydrogen-bond acceptors (Lipinski definition) is 6. The standard InChI is InChI=1S/C26H24N4O2/c31-26(32-19-20-9-3-1-4-10-20)24-25(28-23-14-8-7-13-22(23)27-24)30-17-15-29(16-18-30)21-11-5-2-6-12-21/h1-14H,15-19H2. The molecular weight excluding hydrogens is 400 g/mol. The summed E-state index contributed by atoms with van der Waals surface area (Å²) >= 11 is 0. The van der Waals surface area contributed by atoms with Crippen molar-refractivity contribution >= 4 is 28.5 Å². The topological polar surface area (TPSA) is 58.6 Å². The fraction of sp³-hybridized carbons (Fsp3) is 0.192. The Morgan fingerprint density at radius 1 is 0.719 bits per heavy atom. The van der Waals surface area contributed by atoms with Gasteiger partial charge in [-0.05, 0) is 29.8 Å². The number of benzene rings is 3. The van der Waals surface area contributed by atoms with Gasteiger partial charge in [-0.15, -0.1) is 0 Å². The van der Waals surface area contributed by atoms with Gasteiger partial charge >= 0.3 is 5.97 Å². The molecule has 5 rings (SSSR count). The zero-order chi connectivity index (χ0) is 21.8. The maximum atomic E-state index is 13.0. The maximum absolute atomic E-state index is 13.0. The second-order valence-electron chi connectivity index (χ2n) is 7.76. The molecular formula is C26H24N4O2. The molecule has 3 aromatic carbocycles. The van der Waals surface area contributed by atoms with E-state index in [1.165, 1.54) is 5.69 Å². The molecule has 160 valence electrons. The summed E-state index contributed by atoms with van der Waals surface area (Å²) in [5, 5.41) is 0. The quantitative estimate of drug-likeness (QED) is 0.445. The number of carbonyl (C=O) groups is 1. The second kappa shape index (κ2) is 9.06. The SMILES string of the molecule is O=C(OCc1ccccc1)c1nc2ccccc2nc1N1CCN(c2ccccc2)CC1. The van der Waals surface area contributed by atoms with Crippen molar-refractivity contribution in [3.8, 4) is 0 Å². The lowest BCUT2D eigenvalue weighted by Gasteiger charge is -2.37. The molecule has 0 atom stereocenters. The summed E-state index contributed by atoms with van der Waals surface area (Å²) in [7, 11) is 0. The van der Waals surface area contributed by atoms with E-state index in [1.807, 2.05) is 60.7 Å². The first-order chi connectivity index (χ1) is 15.8. The van der Waals surface area contributed by atoms with Gasteiger partial charge in [-0.2, -0.15) is 0 Å². The van der Waals surface area contributed by atoms with Gasteiger partial charge < -0.3 is 14.5 Å².